The molecule has 1 saturated heterocycles. The Hall–Kier alpha value is -1.43. The molecule has 0 aromatic carbocycles. The molecule has 2 rings (SSSR count). The summed E-state index contributed by atoms with van der Waals surface area (Å²) in [5.41, 5.74) is 2.84. The van der Waals surface area contributed by atoms with E-state index >= 15 is 0 Å². The van der Waals surface area contributed by atoms with E-state index in [1.807, 2.05) is 12.4 Å². The molecule has 0 bridgehead atoms. The van der Waals surface area contributed by atoms with Crippen molar-refractivity contribution in [2.45, 2.75) is 19.8 Å². The predicted molar refractivity (Wildman–Crippen MR) is 67.3 cm³/mol. The molecule has 1 amide bonds. The van der Waals surface area contributed by atoms with Gasteiger partial charge in [0.2, 0.25) is 5.91 Å². The molecular formula is C12H16N2O3S. The normalized spacial score (nSPS) is 19.3. The molecule has 1 aliphatic heterocycles. The number of hydrogen-bond donors (Lipinski definition) is 0. The first kappa shape index (κ1) is 13.0. The standard InChI is InChI=1S/C12H16N2O3S/c1-8-10(18-7-13-8)3-4-14-6-9(5-11(14)15)12(16)17-2/h7,9H,3-6H2,1-2H3. The maximum absolute atomic E-state index is 11.8. The summed E-state index contributed by atoms with van der Waals surface area (Å²) in [6.07, 6.45) is 1.07. The summed E-state index contributed by atoms with van der Waals surface area (Å²) in [6, 6.07) is 0. The highest BCUT2D eigenvalue weighted by Crippen LogP contribution is 2.20. The highest BCUT2D eigenvalue weighted by Gasteiger charge is 2.34. The lowest BCUT2D eigenvalue weighted by atomic mass is 10.1. The average molecular weight is 268 g/mol. The van der Waals surface area contributed by atoms with Crippen molar-refractivity contribution in [3.05, 3.63) is 16.1 Å². The minimum Gasteiger partial charge on any atom is -0.469 e. The van der Waals surface area contributed by atoms with Crippen LogP contribution in [0.2, 0.25) is 0 Å². The molecule has 0 radical (unpaired) electrons. The number of rotatable bonds is 4. The molecule has 0 N–H and O–H groups in total. The number of aromatic nitrogens is 1. The van der Waals surface area contributed by atoms with Crippen LogP contribution in [0.4, 0.5) is 0 Å². The van der Waals surface area contributed by atoms with Crippen LogP contribution in [0.25, 0.3) is 0 Å². The average Bonchev–Trinajstić information content (AvgIpc) is 2.92. The monoisotopic (exact) mass is 268 g/mol. The zero-order valence-electron chi connectivity index (χ0n) is 10.5. The fourth-order valence-corrected chi connectivity index (χ4v) is 2.89. The molecule has 0 spiro atoms. The predicted octanol–water partition coefficient (Wildman–Crippen LogP) is 1.02. The second-order valence-corrected chi connectivity index (χ2v) is 5.31. The van der Waals surface area contributed by atoms with Crippen molar-refractivity contribution in [1.82, 2.24) is 9.88 Å². The van der Waals surface area contributed by atoms with E-state index in [4.69, 9.17) is 0 Å². The minimum atomic E-state index is -0.301. The smallest absolute Gasteiger partial charge is 0.310 e. The Balaban J connectivity index is 1.89. The first-order chi connectivity index (χ1) is 8.61. The quantitative estimate of drug-likeness (QED) is 0.765. The molecular weight excluding hydrogens is 252 g/mol. The van der Waals surface area contributed by atoms with Gasteiger partial charge in [0, 0.05) is 30.8 Å². The summed E-state index contributed by atoms with van der Waals surface area (Å²) in [5.74, 6) is -0.558. The molecule has 0 saturated carbocycles. The van der Waals surface area contributed by atoms with Gasteiger partial charge in [-0.25, -0.2) is 4.98 Å². The number of ether oxygens (including phenoxy) is 1. The number of hydrogen-bond acceptors (Lipinski definition) is 5. The maximum atomic E-state index is 11.8. The van der Waals surface area contributed by atoms with Crippen molar-refractivity contribution in [3.8, 4) is 0 Å². The number of carbonyl (C=O) groups is 2. The minimum absolute atomic E-state index is 0.0348. The number of amides is 1. The van der Waals surface area contributed by atoms with E-state index in [2.05, 4.69) is 9.72 Å². The Morgan fingerprint density at radius 1 is 1.67 bits per heavy atom. The molecule has 5 nitrogen and oxygen atoms in total. The zero-order chi connectivity index (χ0) is 13.1. The van der Waals surface area contributed by atoms with E-state index in [1.54, 1.807) is 16.2 Å². The van der Waals surface area contributed by atoms with Gasteiger partial charge in [-0.15, -0.1) is 11.3 Å². The van der Waals surface area contributed by atoms with E-state index in [9.17, 15) is 9.59 Å². The zero-order valence-corrected chi connectivity index (χ0v) is 11.3. The summed E-state index contributed by atoms with van der Waals surface area (Å²) in [4.78, 5) is 30.3. The van der Waals surface area contributed by atoms with E-state index < -0.39 is 0 Å². The third-order valence-electron chi connectivity index (χ3n) is 3.20. The molecule has 1 aliphatic rings. The molecule has 1 fully saturated rings. The molecule has 1 aromatic rings. The van der Waals surface area contributed by atoms with Gasteiger partial charge in [-0.3, -0.25) is 9.59 Å². The molecule has 98 valence electrons. The van der Waals surface area contributed by atoms with Gasteiger partial charge in [-0.05, 0) is 6.92 Å². The SMILES string of the molecule is COC(=O)C1CC(=O)N(CCc2scnc2C)C1. The van der Waals surface area contributed by atoms with Gasteiger partial charge in [0.05, 0.1) is 24.2 Å². The van der Waals surface area contributed by atoms with Crippen molar-refractivity contribution in [1.29, 1.82) is 0 Å². The summed E-state index contributed by atoms with van der Waals surface area (Å²) in [7, 11) is 1.36. The van der Waals surface area contributed by atoms with Crippen molar-refractivity contribution >= 4 is 23.2 Å². The van der Waals surface area contributed by atoms with Crippen LogP contribution in [-0.2, 0) is 20.7 Å². The van der Waals surface area contributed by atoms with Crippen LogP contribution >= 0.6 is 11.3 Å². The van der Waals surface area contributed by atoms with Gasteiger partial charge in [0.25, 0.3) is 0 Å². The number of esters is 1. The third kappa shape index (κ3) is 2.69. The van der Waals surface area contributed by atoms with E-state index in [-0.39, 0.29) is 24.2 Å². The Labute approximate surface area is 110 Å². The maximum Gasteiger partial charge on any atom is 0.310 e. The molecule has 1 unspecified atom stereocenters. The second kappa shape index (κ2) is 5.48. The Morgan fingerprint density at radius 3 is 3.06 bits per heavy atom. The first-order valence-corrected chi connectivity index (χ1v) is 6.74. The molecule has 6 heteroatoms. The topological polar surface area (TPSA) is 59.5 Å². The van der Waals surface area contributed by atoms with Gasteiger partial charge in [0.15, 0.2) is 0 Å². The van der Waals surface area contributed by atoms with Crippen LogP contribution < -0.4 is 0 Å². The third-order valence-corrected chi connectivity index (χ3v) is 4.20. The van der Waals surface area contributed by atoms with Gasteiger partial charge >= 0.3 is 5.97 Å². The lowest BCUT2D eigenvalue weighted by molar-refractivity contribution is -0.145. The number of methoxy groups -OCH3 is 1. The molecule has 18 heavy (non-hydrogen) atoms. The Bertz CT molecular complexity index is 458. The van der Waals surface area contributed by atoms with Crippen LogP contribution in [0.1, 0.15) is 17.0 Å². The molecule has 1 aromatic heterocycles. The Morgan fingerprint density at radius 2 is 2.44 bits per heavy atom. The lowest BCUT2D eigenvalue weighted by Crippen LogP contribution is -2.28. The van der Waals surface area contributed by atoms with Crippen LogP contribution in [0, 0.1) is 12.8 Å². The second-order valence-electron chi connectivity index (χ2n) is 4.37. The largest absolute Gasteiger partial charge is 0.469 e. The number of thiazole rings is 1. The van der Waals surface area contributed by atoms with Crippen LogP contribution in [-0.4, -0.2) is 42.0 Å². The van der Waals surface area contributed by atoms with Gasteiger partial charge in [-0.1, -0.05) is 0 Å². The summed E-state index contributed by atoms with van der Waals surface area (Å²) in [6.45, 7) is 3.09. The lowest BCUT2D eigenvalue weighted by Gasteiger charge is -2.15. The van der Waals surface area contributed by atoms with Crippen molar-refractivity contribution < 1.29 is 14.3 Å². The van der Waals surface area contributed by atoms with Crippen LogP contribution in [0.3, 0.4) is 0 Å². The number of likely N-dealkylation sites (tertiary alicyclic amines) is 1. The number of carbonyl (C=O) groups excluding carboxylic acids is 2. The van der Waals surface area contributed by atoms with Crippen molar-refractivity contribution in [2.24, 2.45) is 5.92 Å². The Kier molecular flexibility index (Phi) is 3.96. The highest BCUT2D eigenvalue weighted by atomic mass is 32.1. The summed E-state index contributed by atoms with van der Waals surface area (Å²) < 4.78 is 4.67. The van der Waals surface area contributed by atoms with E-state index in [0.29, 0.717) is 13.1 Å². The van der Waals surface area contributed by atoms with Crippen molar-refractivity contribution in [2.75, 3.05) is 20.2 Å². The van der Waals surface area contributed by atoms with E-state index in [1.165, 1.54) is 12.0 Å². The summed E-state index contributed by atoms with van der Waals surface area (Å²) >= 11 is 1.61. The van der Waals surface area contributed by atoms with Crippen LogP contribution in [0.15, 0.2) is 5.51 Å². The molecule has 0 aliphatic carbocycles. The first-order valence-electron chi connectivity index (χ1n) is 5.86. The van der Waals surface area contributed by atoms with Crippen LogP contribution in [0.5, 0.6) is 0 Å². The fourth-order valence-electron chi connectivity index (χ4n) is 2.12. The summed E-state index contributed by atoms with van der Waals surface area (Å²) in [5, 5.41) is 0. The molecule has 1 atom stereocenters. The number of nitrogens with zero attached hydrogens (tertiary/aromatic N) is 2. The van der Waals surface area contributed by atoms with Gasteiger partial charge in [-0.2, -0.15) is 0 Å². The fraction of sp³-hybridized carbons (Fsp3) is 0.583. The van der Waals surface area contributed by atoms with Gasteiger partial charge in [0.1, 0.15) is 0 Å². The molecule has 2 heterocycles. The van der Waals surface area contributed by atoms with E-state index in [0.717, 1.165) is 12.1 Å². The highest BCUT2D eigenvalue weighted by molar-refractivity contribution is 7.09. The van der Waals surface area contributed by atoms with Crippen molar-refractivity contribution in [3.63, 3.8) is 0 Å². The number of aryl methyl sites for hydroxylation is 1. The van der Waals surface area contributed by atoms with Gasteiger partial charge < -0.3 is 9.64 Å².